The maximum atomic E-state index is 11.7. The van der Waals surface area contributed by atoms with Crippen LogP contribution in [0.5, 0.6) is 5.75 Å². The second kappa shape index (κ2) is 7.41. The summed E-state index contributed by atoms with van der Waals surface area (Å²) in [5, 5.41) is 5.31. The number of carbonyl (C=O) groups is 1. The SMILES string of the molecule is CNC(=O)c1csc(N2CCCCC2COc2cccnc2)n1. The lowest BCUT2D eigenvalue weighted by Crippen LogP contribution is -2.43. The summed E-state index contributed by atoms with van der Waals surface area (Å²) in [7, 11) is 1.62. The Labute approximate surface area is 139 Å². The van der Waals surface area contributed by atoms with E-state index in [1.807, 2.05) is 17.5 Å². The van der Waals surface area contributed by atoms with E-state index in [2.05, 4.69) is 20.2 Å². The zero-order valence-electron chi connectivity index (χ0n) is 13.1. The third-order valence-electron chi connectivity index (χ3n) is 3.90. The van der Waals surface area contributed by atoms with Crippen LogP contribution in [0.4, 0.5) is 5.13 Å². The first-order chi connectivity index (χ1) is 11.3. The molecule has 6 nitrogen and oxygen atoms in total. The van der Waals surface area contributed by atoms with Crippen molar-refractivity contribution in [2.75, 3.05) is 25.1 Å². The summed E-state index contributed by atoms with van der Waals surface area (Å²) in [4.78, 5) is 22.5. The maximum Gasteiger partial charge on any atom is 0.270 e. The van der Waals surface area contributed by atoms with E-state index in [0.29, 0.717) is 12.3 Å². The molecule has 1 aliphatic heterocycles. The fourth-order valence-electron chi connectivity index (χ4n) is 2.68. The lowest BCUT2D eigenvalue weighted by atomic mass is 10.0. The molecule has 0 radical (unpaired) electrons. The van der Waals surface area contributed by atoms with Gasteiger partial charge in [-0.15, -0.1) is 11.3 Å². The van der Waals surface area contributed by atoms with Gasteiger partial charge in [0.15, 0.2) is 5.13 Å². The summed E-state index contributed by atoms with van der Waals surface area (Å²) >= 11 is 1.51. The van der Waals surface area contributed by atoms with Gasteiger partial charge in [-0.3, -0.25) is 9.78 Å². The second-order valence-corrected chi connectivity index (χ2v) is 6.27. The first kappa shape index (κ1) is 15.7. The number of anilines is 1. The molecule has 1 aliphatic rings. The van der Waals surface area contributed by atoms with Crippen molar-refractivity contribution in [3.8, 4) is 5.75 Å². The van der Waals surface area contributed by atoms with Crippen LogP contribution >= 0.6 is 11.3 Å². The first-order valence-electron chi connectivity index (χ1n) is 7.75. The molecule has 1 saturated heterocycles. The van der Waals surface area contributed by atoms with Crippen LogP contribution in [0, 0.1) is 0 Å². The highest BCUT2D eigenvalue weighted by molar-refractivity contribution is 7.13. The van der Waals surface area contributed by atoms with Gasteiger partial charge in [-0.25, -0.2) is 4.98 Å². The van der Waals surface area contributed by atoms with Crippen molar-refractivity contribution < 1.29 is 9.53 Å². The third kappa shape index (κ3) is 3.79. The van der Waals surface area contributed by atoms with Crippen LogP contribution in [0.1, 0.15) is 29.8 Å². The standard InChI is InChI=1S/C16H20N4O2S/c1-17-15(21)14-11-23-16(19-14)20-8-3-2-5-12(20)10-22-13-6-4-7-18-9-13/h4,6-7,9,11-12H,2-3,5,8,10H2,1H3,(H,17,21). The van der Waals surface area contributed by atoms with E-state index in [1.165, 1.54) is 17.8 Å². The monoisotopic (exact) mass is 332 g/mol. The van der Waals surface area contributed by atoms with Gasteiger partial charge in [0.25, 0.3) is 5.91 Å². The van der Waals surface area contributed by atoms with Crippen molar-refractivity contribution >= 4 is 22.4 Å². The summed E-state index contributed by atoms with van der Waals surface area (Å²) < 4.78 is 5.87. The zero-order valence-corrected chi connectivity index (χ0v) is 13.9. The lowest BCUT2D eigenvalue weighted by Gasteiger charge is -2.35. The number of ether oxygens (including phenoxy) is 1. The number of nitrogens with zero attached hydrogens (tertiary/aromatic N) is 3. The predicted octanol–water partition coefficient (Wildman–Crippen LogP) is 2.34. The van der Waals surface area contributed by atoms with E-state index in [0.717, 1.165) is 30.3 Å². The minimum atomic E-state index is -0.146. The van der Waals surface area contributed by atoms with Crippen molar-refractivity contribution in [1.82, 2.24) is 15.3 Å². The third-order valence-corrected chi connectivity index (χ3v) is 4.78. The summed E-state index contributed by atoms with van der Waals surface area (Å²) in [6, 6.07) is 4.05. The average molecular weight is 332 g/mol. The molecule has 3 rings (SSSR count). The summed E-state index contributed by atoms with van der Waals surface area (Å²) in [6.45, 7) is 1.54. The van der Waals surface area contributed by atoms with E-state index in [1.54, 1.807) is 19.4 Å². The van der Waals surface area contributed by atoms with Gasteiger partial charge < -0.3 is 15.0 Å². The van der Waals surface area contributed by atoms with Crippen LogP contribution in [0.25, 0.3) is 0 Å². The Morgan fingerprint density at radius 2 is 2.43 bits per heavy atom. The number of thiazole rings is 1. The van der Waals surface area contributed by atoms with Crippen molar-refractivity contribution in [2.24, 2.45) is 0 Å². The van der Waals surface area contributed by atoms with E-state index in [4.69, 9.17) is 4.74 Å². The minimum absolute atomic E-state index is 0.146. The number of pyridine rings is 1. The van der Waals surface area contributed by atoms with Gasteiger partial charge >= 0.3 is 0 Å². The number of carbonyl (C=O) groups excluding carboxylic acids is 1. The van der Waals surface area contributed by atoms with Gasteiger partial charge in [0.05, 0.1) is 12.2 Å². The van der Waals surface area contributed by atoms with Gasteiger partial charge in [0.1, 0.15) is 18.1 Å². The Bertz CT molecular complexity index is 647. The summed E-state index contributed by atoms with van der Waals surface area (Å²) in [5.41, 5.74) is 0.477. The molecule has 3 heterocycles. The number of rotatable bonds is 5. The molecule has 2 aromatic rings. The molecule has 1 N–H and O–H groups in total. The fourth-order valence-corrected chi connectivity index (χ4v) is 3.58. The van der Waals surface area contributed by atoms with E-state index >= 15 is 0 Å². The lowest BCUT2D eigenvalue weighted by molar-refractivity contribution is 0.0959. The smallest absolute Gasteiger partial charge is 0.270 e. The van der Waals surface area contributed by atoms with Crippen LogP contribution in [0.3, 0.4) is 0 Å². The summed E-state index contributed by atoms with van der Waals surface area (Å²) in [5.74, 6) is 0.635. The number of piperidine rings is 1. The molecule has 1 atom stereocenters. The molecule has 122 valence electrons. The fraction of sp³-hybridized carbons (Fsp3) is 0.438. The molecule has 0 aromatic carbocycles. The molecule has 1 amide bonds. The predicted molar refractivity (Wildman–Crippen MR) is 90.2 cm³/mol. The molecule has 7 heteroatoms. The van der Waals surface area contributed by atoms with E-state index < -0.39 is 0 Å². The van der Waals surface area contributed by atoms with Gasteiger partial charge in [-0.05, 0) is 31.4 Å². The maximum absolute atomic E-state index is 11.7. The highest BCUT2D eigenvalue weighted by Gasteiger charge is 2.26. The number of amides is 1. The average Bonchev–Trinajstić information content (AvgIpc) is 3.10. The Morgan fingerprint density at radius 3 is 3.22 bits per heavy atom. The number of aromatic nitrogens is 2. The molecule has 0 aliphatic carbocycles. The van der Waals surface area contributed by atoms with Crippen LogP contribution in [0.2, 0.25) is 0 Å². The number of nitrogens with one attached hydrogen (secondary N) is 1. The first-order valence-corrected chi connectivity index (χ1v) is 8.63. The van der Waals surface area contributed by atoms with Gasteiger partial charge in [-0.2, -0.15) is 0 Å². The van der Waals surface area contributed by atoms with E-state index in [9.17, 15) is 4.79 Å². The molecule has 0 bridgehead atoms. The quantitative estimate of drug-likeness (QED) is 0.910. The Balaban J connectivity index is 1.68. The molecule has 23 heavy (non-hydrogen) atoms. The van der Waals surface area contributed by atoms with Crippen molar-refractivity contribution in [2.45, 2.75) is 25.3 Å². The van der Waals surface area contributed by atoms with Crippen molar-refractivity contribution in [1.29, 1.82) is 0 Å². The molecule has 1 fully saturated rings. The van der Waals surface area contributed by atoms with Crippen LogP contribution in [-0.2, 0) is 0 Å². The largest absolute Gasteiger partial charge is 0.490 e. The summed E-state index contributed by atoms with van der Waals surface area (Å²) in [6.07, 6.45) is 6.84. The van der Waals surface area contributed by atoms with Crippen LogP contribution in [-0.4, -0.2) is 42.1 Å². The van der Waals surface area contributed by atoms with Crippen LogP contribution < -0.4 is 15.0 Å². The molecular weight excluding hydrogens is 312 g/mol. The molecule has 0 saturated carbocycles. The number of hydrogen-bond donors (Lipinski definition) is 1. The Kier molecular flexibility index (Phi) is 5.07. The highest BCUT2D eigenvalue weighted by atomic mass is 32.1. The van der Waals surface area contributed by atoms with Gasteiger partial charge in [-0.1, -0.05) is 0 Å². The van der Waals surface area contributed by atoms with Crippen molar-refractivity contribution in [3.05, 3.63) is 35.6 Å². The Morgan fingerprint density at radius 1 is 1.52 bits per heavy atom. The molecule has 2 aromatic heterocycles. The van der Waals surface area contributed by atoms with Crippen molar-refractivity contribution in [3.63, 3.8) is 0 Å². The molecular formula is C16H20N4O2S. The second-order valence-electron chi connectivity index (χ2n) is 5.44. The molecule has 1 unspecified atom stereocenters. The zero-order chi connectivity index (χ0) is 16.1. The van der Waals surface area contributed by atoms with Crippen LogP contribution in [0.15, 0.2) is 29.9 Å². The Hall–Kier alpha value is -2.15. The van der Waals surface area contributed by atoms with Gasteiger partial charge in [0.2, 0.25) is 0 Å². The molecule has 0 spiro atoms. The minimum Gasteiger partial charge on any atom is -0.490 e. The topological polar surface area (TPSA) is 67.4 Å². The highest BCUT2D eigenvalue weighted by Crippen LogP contribution is 2.28. The number of hydrogen-bond acceptors (Lipinski definition) is 6. The normalized spacial score (nSPS) is 17.8. The van der Waals surface area contributed by atoms with E-state index in [-0.39, 0.29) is 11.9 Å². The van der Waals surface area contributed by atoms with Gasteiger partial charge in [0, 0.05) is 25.2 Å².